The summed E-state index contributed by atoms with van der Waals surface area (Å²) in [5.74, 6) is 0.231. The van der Waals surface area contributed by atoms with Crippen molar-refractivity contribution in [3.63, 3.8) is 0 Å². The van der Waals surface area contributed by atoms with E-state index in [1.807, 2.05) is 0 Å². The number of aliphatic imine (C=N–C) groups is 2. The summed E-state index contributed by atoms with van der Waals surface area (Å²) in [6.45, 7) is 1.96. The van der Waals surface area contributed by atoms with Crippen LogP contribution in [0.25, 0.3) is 0 Å². The Labute approximate surface area is 48.3 Å². The summed E-state index contributed by atoms with van der Waals surface area (Å²) < 4.78 is 0. The first-order valence-electron chi connectivity index (χ1n) is 2.30. The molecule has 0 saturated heterocycles. The van der Waals surface area contributed by atoms with Gasteiger partial charge in [0.2, 0.25) is 5.96 Å². The molecule has 0 aromatic carbocycles. The normalized spacial score (nSPS) is 13.0. The molecule has 0 heterocycles. The quantitative estimate of drug-likeness (QED) is 0.349. The first-order chi connectivity index (χ1) is 3.81. The molecule has 0 unspecified atom stereocenters. The van der Waals surface area contributed by atoms with Crippen molar-refractivity contribution in [1.82, 2.24) is 0 Å². The number of nitrogens with two attached hydrogens (primary N) is 2. The average Bonchev–Trinajstić information content (AvgIpc) is 1.68. The van der Waals surface area contributed by atoms with Crippen LogP contribution < -0.4 is 11.5 Å². The number of rotatable bonds is 1. The van der Waals surface area contributed by atoms with Crippen molar-refractivity contribution in [2.24, 2.45) is 21.5 Å². The minimum atomic E-state index is 0.198. The minimum Gasteiger partial charge on any atom is -0.368 e. The molecular formula is C4H10N4. The molecule has 8 heavy (non-hydrogen) atoms. The van der Waals surface area contributed by atoms with E-state index in [0.29, 0.717) is 0 Å². The van der Waals surface area contributed by atoms with Crippen LogP contribution >= 0.6 is 0 Å². The molecule has 0 radical (unpaired) electrons. The Kier molecular flexibility index (Phi) is 3.78. The van der Waals surface area contributed by atoms with Crippen LogP contribution in [0.3, 0.4) is 0 Å². The van der Waals surface area contributed by atoms with Gasteiger partial charge in [-0.2, -0.15) is 0 Å². The zero-order valence-electron chi connectivity index (χ0n) is 4.83. The maximum atomic E-state index is 5.17. The lowest BCUT2D eigenvalue weighted by atomic mass is 10.8. The minimum absolute atomic E-state index is 0.198. The Balaban J connectivity index is 3.61. The van der Waals surface area contributed by atoms with E-state index in [4.69, 9.17) is 11.5 Å². The van der Waals surface area contributed by atoms with Crippen molar-refractivity contribution in [1.29, 1.82) is 0 Å². The van der Waals surface area contributed by atoms with E-state index in [9.17, 15) is 0 Å². The molecule has 0 rings (SSSR count). The van der Waals surface area contributed by atoms with Crippen molar-refractivity contribution >= 4 is 12.2 Å². The molecule has 0 atom stereocenters. The lowest BCUT2D eigenvalue weighted by Crippen LogP contribution is -2.11. The topological polar surface area (TPSA) is 76.8 Å². The Bertz CT molecular complexity index is 105. The van der Waals surface area contributed by atoms with Gasteiger partial charge < -0.3 is 11.5 Å². The molecule has 0 saturated carbocycles. The van der Waals surface area contributed by atoms with Crippen LogP contribution in [0.4, 0.5) is 0 Å². The second kappa shape index (κ2) is 4.26. The van der Waals surface area contributed by atoms with E-state index in [1.54, 1.807) is 13.1 Å². The zero-order chi connectivity index (χ0) is 6.41. The van der Waals surface area contributed by atoms with Gasteiger partial charge in [-0.25, -0.2) is 9.98 Å². The van der Waals surface area contributed by atoms with E-state index in [0.717, 1.165) is 0 Å². The van der Waals surface area contributed by atoms with Gasteiger partial charge in [0.1, 0.15) is 0 Å². The van der Waals surface area contributed by atoms with Crippen molar-refractivity contribution in [3.8, 4) is 0 Å². The van der Waals surface area contributed by atoms with Gasteiger partial charge >= 0.3 is 0 Å². The summed E-state index contributed by atoms with van der Waals surface area (Å²) in [6.07, 6.45) is 1.56. The van der Waals surface area contributed by atoms with Crippen molar-refractivity contribution < 1.29 is 0 Å². The summed E-state index contributed by atoms with van der Waals surface area (Å²) in [5.41, 5.74) is 10.2. The maximum Gasteiger partial charge on any atom is 0.216 e. The highest BCUT2D eigenvalue weighted by Crippen LogP contribution is 1.66. The summed E-state index contributed by atoms with van der Waals surface area (Å²) in [7, 11) is 0. The molecular weight excluding hydrogens is 104 g/mol. The molecule has 0 aliphatic rings. The van der Waals surface area contributed by atoms with Crippen LogP contribution in [0.2, 0.25) is 0 Å². The largest absolute Gasteiger partial charge is 0.368 e. The molecule has 46 valence electrons. The summed E-state index contributed by atoms with van der Waals surface area (Å²) in [4.78, 5) is 7.23. The summed E-state index contributed by atoms with van der Waals surface area (Å²) in [5, 5.41) is 0. The van der Waals surface area contributed by atoms with Crippen molar-refractivity contribution in [2.75, 3.05) is 6.67 Å². The smallest absolute Gasteiger partial charge is 0.216 e. The lowest BCUT2D eigenvalue weighted by Gasteiger charge is -1.85. The van der Waals surface area contributed by atoms with Crippen LogP contribution in [-0.2, 0) is 0 Å². The van der Waals surface area contributed by atoms with E-state index in [-0.39, 0.29) is 12.6 Å². The average molecular weight is 114 g/mol. The van der Waals surface area contributed by atoms with Gasteiger partial charge in [-0.15, -0.1) is 0 Å². The van der Waals surface area contributed by atoms with Gasteiger partial charge in [0.05, 0.1) is 6.67 Å². The maximum absolute atomic E-state index is 5.17. The second-order valence-electron chi connectivity index (χ2n) is 1.09. The van der Waals surface area contributed by atoms with E-state index in [2.05, 4.69) is 9.98 Å². The number of guanidine groups is 1. The fraction of sp³-hybridized carbons (Fsp3) is 0.500. The first-order valence-corrected chi connectivity index (χ1v) is 2.30. The second-order valence-corrected chi connectivity index (χ2v) is 1.09. The van der Waals surface area contributed by atoms with Crippen LogP contribution in [0.1, 0.15) is 6.92 Å². The van der Waals surface area contributed by atoms with E-state index < -0.39 is 0 Å². The number of nitrogens with zero attached hydrogens (tertiary/aromatic N) is 2. The molecule has 0 spiro atoms. The van der Waals surface area contributed by atoms with Gasteiger partial charge in [-0.1, -0.05) is 0 Å². The molecule has 0 aliphatic carbocycles. The summed E-state index contributed by atoms with van der Waals surface area (Å²) in [6, 6.07) is 0. The van der Waals surface area contributed by atoms with Crippen LogP contribution in [-0.4, -0.2) is 18.8 Å². The predicted octanol–water partition coefficient (Wildman–Crippen LogP) is -0.692. The third-order valence-electron chi connectivity index (χ3n) is 0.515. The monoisotopic (exact) mass is 114 g/mol. The molecule has 0 amide bonds. The molecule has 0 aromatic heterocycles. The Morgan fingerprint density at radius 3 is 2.75 bits per heavy atom. The van der Waals surface area contributed by atoms with Gasteiger partial charge in [0.25, 0.3) is 0 Å². The van der Waals surface area contributed by atoms with Crippen LogP contribution in [0.5, 0.6) is 0 Å². The highest BCUT2D eigenvalue weighted by Gasteiger charge is 1.76. The highest BCUT2D eigenvalue weighted by atomic mass is 15.0. The number of hydrogen-bond donors (Lipinski definition) is 2. The van der Waals surface area contributed by atoms with Gasteiger partial charge in [-0.3, -0.25) is 0 Å². The fourth-order valence-corrected chi connectivity index (χ4v) is 0.267. The molecule has 4 nitrogen and oxygen atoms in total. The third-order valence-corrected chi connectivity index (χ3v) is 0.515. The highest BCUT2D eigenvalue weighted by molar-refractivity contribution is 5.85. The van der Waals surface area contributed by atoms with Crippen molar-refractivity contribution in [2.45, 2.75) is 6.92 Å². The first kappa shape index (κ1) is 7.10. The van der Waals surface area contributed by atoms with Gasteiger partial charge in [-0.05, 0) is 6.92 Å². The fourth-order valence-electron chi connectivity index (χ4n) is 0.267. The van der Waals surface area contributed by atoms with Crippen LogP contribution in [0.15, 0.2) is 9.98 Å². The lowest BCUT2D eigenvalue weighted by molar-refractivity contribution is 1.06. The van der Waals surface area contributed by atoms with Gasteiger partial charge in [0.15, 0.2) is 0 Å². The van der Waals surface area contributed by atoms with Gasteiger partial charge in [0, 0.05) is 6.21 Å². The zero-order valence-corrected chi connectivity index (χ0v) is 4.83. The van der Waals surface area contributed by atoms with Crippen LogP contribution in [0, 0.1) is 0 Å². The summed E-state index contributed by atoms with van der Waals surface area (Å²) >= 11 is 0. The van der Waals surface area contributed by atoms with E-state index in [1.165, 1.54) is 0 Å². The Morgan fingerprint density at radius 1 is 1.75 bits per heavy atom. The molecule has 4 heteroatoms. The third kappa shape index (κ3) is 3.30. The number of hydrogen-bond acceptors (Lipinski definition) is 2. The SMILES string of the molecule is C/C=N\C(N)=N/CN. The molecule has 0 bridgehead atoms. The van der Waals surface area contributed by atoms with E-state index >= 15 is 0 Å². The Hall–Kier alpha value is -0.900. The molecule has 0 aliphatic heterocycles. The predicted molar refractivity (Wildman–Crippen MR) is 34.8 cm³/mol. The Morgan fingerprint density at radius 2 is 2.38 bits per heavy atom. The molecule has 0 fully saturated rings. The molecule has 0 aromatic rings. The van der Waals surface area contributed by atoms with Crippen molar-refractivity contribution in [3.05, 3.63) is 0 Å². The standard InChI is InChI=1S/C4H10N4/c1-2-7-4(6)8-3-5/h2H,3,5H2,1H3,(H2,6,8)/b7-2-. The molecule has 4 N–H and O–H groups in total.